The number of ether oxygens (including phenoxy) is 1. The molecule has 108 valence electrons. The second-order valence-electron chi connectivity index (χ2n) is 4.93. The summed E-state index contributed by atoms with van der Waals surface area (Å²) in [6, 6.07) is 9.55. The summed E-state index contributed by atoms with van der Waals surface area (Å²) in [7, 11) is 3.69. The number of likely N-dealkylation sites (N-methyl/N-ethyl adjacent to an activating group) is 1. The third-order valence-corrected chi connectivity index (χ3v) is 3.05. The maximum atomic E-state index is 13.3. The minimum atomic E-state index is -5.12. The van der Waals surface area contributed by atoms with Gasteiger partial charge in [-0.3, -0.25) is 0 Å². The van der Waals surface area contributed by atoms with Crippen molar-refractivity contribution in [1.82, 2.24) is 4.90 Å². The molecule has 2 aromatic rings. The summed E-state index contributed by atoms with van der Waals surface area (Å²) in [6.45, 7) is -4.33. The Morgan fingerprint density at radius 2 is 1.71 bits per heavy atom. The topological polar surface area (TPSA) is 12.5 Å². The summed E-state index contributed by atoms with van der Waals surface area (Å²) in [5, 5.41) is 0.768. The second kappa shape index (κ2) is 7.99. The van der Waals surface area contributed by atoms with Crippen LogP contribution < -0.4 is 61.6 Å². The van der Waals surface area contributed by atoms with Gasteiger partial charge in [0.05, 0.1) is 5.75 Å². The Hall–Kier alpha value is -0.0487. The number of nitrogens with zero attached hydrogens (tertiary/aromatic N) is 1. The average molecular weight is 321 g/mol. The monoisotopic (exact) mass is 321 g/mol. The molecule has 0 aromatic heterocycles. The van der Waals surface area contributed by atoms with Crippen LogP contribution in [0.2, 0.25) is 0 Å². The van der Waals surface area contributed by atoms with E-state index in [4.69, 9.17) is 4.74 Å². The van der Waals surface area contributed by atoms with Gasteiger partial charge in [-0.25, -0.2) is 0 Å². The maximum Gasteiger partial charge on any atom is 1.00 e. The van der Waals surface area contributed by atoms with Gasteiger partial charge in [0.25, 0.3) is 0 Å². The molecular weight excluding hydrogens is 305 g/mol. The third kappa shape index (κ3) is 4.97. The summed E-state index contributed by atoms with van der Waals surface area (Å²) >= 11 is 0. The van der Waals surface area contributed by atoms with Crippen LogP contribution in [-0.4, -0.2) is 39.1 Å². The van der Waals surface area contributed by atoms with Gasteiger partial charge in [0.15, 0.2) is 0 Å². The van der Waals surface area contributed by atoms with E-state index in [1.807, 2.05) is 19.0 Å². The van der Waals surface area contributed by atoms with Crippen molar-refractivity contribution in [3.05, 3.63) is 36.4 Å². The molecule has 0 spiro atoms. The molecule has 0 unspecified atom stereocenters. The van der Waals surface area contributed by atoms with Crippen LogP contribution in [0.4, 0.5) is 12.9 Å². The van der Waals surface area contributed by atoms with Crippen molar-refractivity contribution in [2.75, 3.05) is 27.2 Å². The van der Waals surface area contributed by atoms with Crippen LogP contribution in [-0.2, 0) is 0 Å². The fraction of sp³-hybridized carbons (Fsp3) is 0.286. The molecule has 0 heterocycles. The van der Waals surface area contributed by atoms with Crippen LogP contribution in [0, 0.1) is 0 Å². The normalized spacial score (nSPS) is 11.5. The molecule has 0 atom stereocenters. The fourth-order valence-electron chi connectivity index (χ4n) is 2.08. The summed E-state index contributed by atoms with van der Waals surface area (Å²) < 4.78 is 45.3. The standard InChI is InChI=1S/C14H16BF3NO.K/c1-19(2)9-10-20-13-8-7-11-5-3-4-6-12(11)14(13)15(16,17)18;/h3-8H,9-10H2,1-2H3;/q-1;+1. The Bertz CT molecular complexity index is 604. The zero-order valence-electron chi connectivity index (χ0n) is 12.4. The largest absolute Gasteiger partial charge is 1.00 e. The number of halogens is 3. The zero-order valence-corrected chi connectivity index (χ0v) is 15.6. The van der Waals surface area contributed by atoms with E-state index in [0.717, 1.165) is 0 Å². The summed E-state index contributed by atoms with van der Waals surface area (Å²) in [4.78, 5) is 1.86. The van der Waals surface area contributed by atoms with Gasteiger partial charge in [-0.2, -0.15) is 0 Å². The number of hydrogen-bond donors (Lipinski definition) is 0. The number of benzene rings is 2. The Kier molecular flexibility index (Phi) is 7.23. The van der Waals surface area contributed by atoms with E-state index in [0.29, 0.717) is 11.9 Å². The molecular formula is C14H16BF3KNO. The van der Waals surface area contributed by atoms with Crippen molar-refractivity contribution in [2.45, 2.75) is 0 Å². The van der Waals surface area contributed by atoms with Crippen LogP contribution in [0.15, 0.2) is 36.4 Å². The van der Waals surface area contributed by atoms with E-state index in [2.05, 4.69) is 0 Å². The van der Waals surface area contributed by atoms with E-state index in [-0.39, 0.29) is 69.1 Å². The molecule has 0 aliphatic rings. The number of rotatable bonds is 5. The fourth-order valence-corrected chi connectivity index (χ4v) is 2.08. The molecule has 0 saturated carbocycles. The van der Waals surface area contributed by atoms with E-state index in [1.54, 1.807) is 24.3 Å². The van der Waals surface area contributed by atoms with Gasteiger partial charge < -0.3 is 22.6 Å². The average Bonchev–Trinajstić information content (AvgIpc) is 2.36. The van der Waals surface area contributed by atoms with Gasteiger partial charge >= 0.3 is 58.4 Å². The van der Waals surface area contributed by atoms with Gasteiger partial charge in [0, 0.05) is 6.54 Å². The minimum Gasteiger partial charge on any atom is -0.495 e. The first-order valence-electron chi connectivity index (χ1n) is 6.38. The minimum absolute atomic E-state index is 0. The number of fused-ring (bicyclic) bond motifs is 1. The van der Waals surface area contributed by atoms with E-state index < -0.39 is 12.4 Å². The van der Waals surface area contributed by atoms with Gasteiger partial charge in [0.2, 0.25) is 0 Å². The Morgan fingerprint density at radius 1 is 1.05 bits per heavy atom. The van der Waals surface area contributed by atoms with Gasteiger partial charge in [-0.15, -0.1) is 0 Å². The van der Waals surface area contributed by atoms with Crippen LogP contribution in [0.3, 0.4) is 0 Å². The van der Waals surface area contributed by atoms with Crippen molar-refractivity contribution < 1.29 is 69.1 Å². The Morgan fingerprint density at radius 3 is 2.33 bits per heavy atom. The maximum absolute atomic E-state index is 13.3. The number of hydrogen-bond acceptors (Lipinski definition) is 2. The smallest absolute Gasteiger partial charge is 0.495 e. The molecule has 0 aliphatic heterocycles. The third-order valence-electron chi connectivity index (χ3n) is 3.05. The first-order valence-corrected chi connectivity index (χ1v) is 6.38. The zero-order chi connectivity index (χ0) is 14.8. The molecule has 0 amide bonds. The van der Waals surface area contributed by atoms with Crippen molar-refractivity contribution in [3.8, 4) is 5.75 Å². The van der Waals surface area contributed by atoms with Gasteiger partial charge in [-0.1, -0.05) is 35.8 Å². The molecule has 0 bridgehead atoms. The molecule has 21 heavy (non-hydrogen) atoms. The summed E-state index contributed by atoms with van der Waals surface area (Å²) in [5.41, 5.74) is -0.637. The van der Waals surface area contributed by atoms with Crippen LogP contribution >= 0.6 is 0 Å². The molecule has 2 nitrogen and oxygen atoms in total. The molecule has 0 saturated heterocycles. The van der Waals surface area contributed by atoms with Crippen LogP contribution in [0.1, 0.15) is 0 Å². The predicted molar refractivity (Wildman–Crippen MR) is 76.7 cm³/mol. The SMILES string of the molecule is CN(C)CCOc1ccc2ccccc2c1[B-](F)(F)F.[K+]. The van der Waals surface area contributed by atoms with Gasteiger partial charge in [0.1, 0.15) is 6.61 Å². The summed E-state index contributed by atoms with van der Waals surface area (Å²) in [5.74, 6) is -0.0851. The van der Waals surface area contributed by atoms with Crippen molar-refractivity contribution >= 4 is 23.2 Å². The molecule has 0 fully saturated rings. The quantitative estimate of drug-likeness (QED) is 0.710. The van der Waals surface area contributed by atoms with E-state index >= 15 is 0 Å². The molecule has 2 aromatic carbocycles. The molecule has 0 aliphatic carbocycles. The molecule has 0 N–H and O–H groups in total. The summed E-state index contributed by atoms with van der Waals surface area (Å²) in [6.07, 6.45) is 0. The van der Waals surface area contributed by atoms with Crippen molar-refractivity contribution in [2.24, 2.45) is 0 Å². The predicted octanol–water partition coefficient (Wildman–Crippen LogP) is -0.161. The Balaban J connectivity index is 0.00000220. The second-order valence-corrected chi connectivity index (χ2v) is 4.93. The van der Waals surface area contributed by atoms with E-state index in [1.165, 1.54) is 12.1 Å². The first-order chi connectivity index (χ1) is 9.39. The molecule has 0 radical (unpaired) electrons. The first kappa shape index (κ1) is 19.0. The van der Waals surface area contributed by atoms with E-state index in [9.17, 15) is 12.9 Å². The molecule has 7 heteroatoms. The molecule has 2 rings (SSSR count). The van der Waals surface area contributed by atoms with Gasteiger partial charge in [-0.05, 0) is 30.9 Å². The van der Waals surface area contributed by atoms with Crippen molar-refractivity contribution in [3.63, 3.8) is 0 Å². The van der Waals surface area contributed by atoms with Crippen molar-refractivity contribution in [1.29, 1.82) is 0 Å². The Labute approximate surface area is 165 Å². The van der Waals surface area contributed by atoms with Crippen LogP contribution in [0.5, 0.6) is 5.75 Å². The van der Waals surface area contributed by atoms with Crippen LogP contribution in [0.25, 0.3) is 10.8 Å².